The minimum atomic E-state index is -0.414. The number of piperidine rings is 1. The monoisotopic (exact) mass is 348 g/mol. The highest BCUT2D eigenvalue weighted by atomic mass is 35.5. The van der Waals surface area contributed by atoms with Gasteiger partial charge in [-0.05, 0) is 45.2 Å². The number of rotatable bonds is 4. The Morgan fingerprint density at radius 3 is 2.55 bits per heavy atom. The molecule has 0 radical (unpaired) electrons. The van der Waals surface area contributed by atoms with E-state index in [9.17, 15) is 4.79 Å². The Hall–Kier alpha value is -1.04. The van der Waals surface area contributed by atoms with E-state index >= 15 is 0 Å². The first-order chi connectivity index (χ1) is 9.47. The maximum Gasteiger partial charge on any atom is 0.255 e. The topological polar surface area (TPSA) is 71.2 Å². The third-order valence-corrected chi connectivity index (χ3v) is 3.39. The molecule has 0 spiro atoms. The number of amides is 1. The number of nitrogens with two attached hydrogens (primary N) is 1. The Balaban J connectivity index is 0.00000220. The predicted molar refractivity (Wildman–Crippen MR) is 95.4 cm³/mol. The molecule has 126 valence electrons. The second kappa shape index (κ2) is 9.18. The van der Waals surface area contributed by atoms with Gasteiger partial charge in [-0.2, -0.15) is 0 Å². The molecule has 0 aliphatic carbocycles. The first-order valence-corrected chi connectivity index (χ1v) is 7.24. The van der Waals surface area contributed by atoms with Crippen molar-refractivity contribution in [1.82, 2.24) is 10.3 Å². The number of nitrogens with one attached hydrogen (secondary N) is 1. The lowest BCUT2D eigenvalue weighted by atomic mass is 10.1. The fraction of sp³-hybridized carbons (Fsp3) is 0.600. The van der Waals surface area contributed by atoms with E-state index in [1.165, 1.54) is 6.42 Å². The van der Waals surface area contributed by atoms with Gasteiger partial charge >= 0.3 is 0 Å². The maximum atomic E-state index is 12.3. The molecule has 3 N–H and O–H groups in total. The zero-order chi connectivity index (χ0) is 14.6. The summed E-state index contributed by atoms with van der Waals surface area (Å²) in [5, 5.41) is 2.89. The third kappa shape index (κ3) is 5.99. The maximum absolute atomic E-state index is 12.3. The summed E-state index contributed by atoms with van der Waals surface area (Å²) in [5.41, 5.74) is 6.13. The number of carbonyl (C=O) groups excluding carboxylic acids is 1. The number of aromatic nitrogens is 1. The van der Waals surface area contributed by atoms with Crippen molar-refractivity contribution < 1.29 is 4.79 Å². The Labute approximate surface area is 144 Å². The molecule has 0 unspecified atom stereocenters. The molecule has 1 aromatic heterocycles. The third-order valence-electron chi connectivity index (χ3n) is 3.39. The fourth-order valence-corrected chi connectivity index (χ4v) is 2.34. The Morgan fingerprint density at radius 2 is 1.95 bits per heavy atom. The van der Waals surface area contributed by atoms with Crippen LogP contribution in [0.2, 0.25) is 0 Å². The smallest absolute Gasteiger partial charge is 0.255 e. The van der Waals surface area contributed by atoms with Crippen molar-refractivity contribution in [3.63, 3.8) is 0 Å². The number of nitrogens with zero attached hydrogens (tertiary/aromatic N) is 2. The molecule has 0 aromatic carbocycles. The Kier molecular flexibility index (Phi) is 8.74. The van der Waals surface area contributed by atoms with E-state index in [0.29, 0.717) is 12.1 Å². The lowest BCUT2D eigenvalue weighted by molar-refractivity contribution is 0.0946. The summed E-state index contributed by atoms with van der Waals surface area (Å²) in [4.78, 5) is 18.9. The van der Waals surface area contributed by atoms with Crippen molar-refractivity contribution in [3.8, 4) is 0 Å². The van der Waals surface area contributed by atoms with Crippen LogP contribution in [0.4, 0.5) is 5.82 Å². The van der Waals surface area contributed by atoms with Crippen LogP contribution in [0.25, 0.3) is 0 Å². The number of hydrogen-bond acceptors (Lipinski definition) is 4. The van der Waals surface area contributed by atoms with Gasteiger partial charge in [0.05, 0.1) is 5.56 Å². The summed E-state index contributed by atoms with van der Waals surface area (Å²) in [6.45, 7) is 6.17. The summed E-state index contributed by atoms with van der Waals surface area (Å²) < 4.78 is 0. The normalized spacial score (nSPS) is 14.6. The van der Waals surface area contributed by atoms with E-state index in [-0.39, 0.29) is 30.7 Å². The van der Waals surface area contributed by atoms with Crippen LogP contribution in [0, 0.1) is 0 Å². The molecular weight excluding hydrogens is 323 g/mol. The van der Waals surface area contributed by atoms with Crippen LogP contribution in [0.3, 0.4) is 0 Å². The molecule has 1 aliphatic heterocycles. The molecule has 2 rings (SSSR count). The van der Waals surface area contributed by atoms with Gasteiger partial charge in [-0.25, -0.2) is 4.98 Å². The molecule has 22 heavy (non-hydrogen) atoms. The van der Waals surface area contributed by atoms with Crippen LogP contribution in [-0.2, 0) is 0 Å². The van der Waals surface area contributed by atoms with E-state index in [4.69, 9.17) is 5.73 Å². The lowest BCUT2D eigenvalue weighted by Gasteiger charge is -2.29. The molecule has 1 saturated heterocycles. The number of halogens is 2. The second-order valence-corrected chi connectivity index (χ2v) is 6.09. The van der Waals surface area contributed by atoms with Crippen LogP contribution in [0.5, 0.6) is 0 Å². The SMILES string of the molecule is CC(C)(N)CNC(=O)c1cccnc1N1CCCCC1.Cl.Cl. The molecule has 1 aromatic rings. The van der Waals surface area contributed by atoms with Crippen molar-refractivity contribution >= 4 is 36.5 Å². The van der Waals surface area contributed by atoms with Crippen molar-refractivity contribution in [2.24, 2.45) is 5.73 Å². The van der Waals surface area contributed by atoms with Crippen molar-refractivity contribution in [2.75, 3.05) is 24.5 Å². The van der Waals surface area contributed by atoms with Gasteiger partial charge in [0.25, 0.3) is 5.91 Å². The quantitative estimate of drug-likeness (QED) is 0.876. The summed E-state index contributed by atoms with van der Waals surface area (Å²) in [6, 6.07) is 3.63. The number of anilines is 1. The van der Waals surface area contributed by atoms with Crippen molar-refractivity contribution in [1.29, 1.82) is 0 Å². The van der Waals surface area contributed by atoms with Crippen LogP contribution < -0.4 is 16.0 Å². The summed E-state index contributed by atoms with van der Waals surface area (Å²) >= 11 is 0. The predicted octanol–water partition coefficient (Wildman–Crippen LogP) is 2.38. The van der Waals surface area contributed by atoms with Gasteiger partial charge in [0.15, 0.2) is 0 Å². The second-order valence-electron chi connectivity index (χ2n) is 6.09. The average molecular weight is 349 g/mol. The summed E-state index contributed by atoms with van der Waals surface area (Å²) in [5.74, 6) is 0.691. The Bertz CT molecular complexity index is 471. The zero-order valence-corrected chi connectivity index (χ0v) is 14.8. The molecule has 1 aliphatic rings. The molecule has 7 heteroatoms. The molecule has 0 saturated carbocycles. The van der Waals surface area contributed by atoms with Crippen LogP contribution in [0.15, 0.2) is 18.3 Å². The van der Waals surface area contributed by atoms with Crippen LogP contribution >= 0.6 is 24.8 Å². The number of pyridine rings is 1. The van der Waals surface area contributed by atoms with Gasteiger partial charge in [0.1, 0.15) is 5.82 Å². The van der Waals surface area contributed by atoms with E-state index in [2.05, 4.69) is 15.2 Å². The van der Waals surface area contributed by atoms with Crippen LogP contribution in [0.1, 0.15) is 43.5 Å². The van der Waals surface area contributed by atoms with E-state index < -0.39 is 5.54 Å². The van der Waals surface area contributed by atoms with E-state index in [1.54, 1.807) is 12.3 Å². The Morgan fingerprint density at radius 1 is 1.32 bits per heavy atom. The van der Waals surface area contributed by atoms with Crippen molar-refractivity contribution in [3.05, 3.63) is 23.9 Å². The zero-order valence-electron chi connectivity index (χ0n) is 13.2. The standard InChI is InChI=1S/C15H24N4O.2ClH/c1-15(2,16)11-18-14(20)12-7-6-8-17-13(12)19-9-4-3-5-10-19;;/h6-8H,3-5,9-11,16H2,1-2H3,(H,18,20);2*1H. The fourth-order valence-electron chi connectivity index (χ4n) is 2.34. The van der Waals surface area contributed by atoms with Gasteiger partial charge in [-0.3, -0.25) is 4.79 Å². The molecule has 0 atom stereocenters. The van der Waals surface area contributed by atoms with Gasteiger partial charge in [0.2, 0.25) is 0 Å². The molecular formula is C15H26Cl2N4O. The average Bonchev–Trinajstić information content (AvgIpc) is 2.45. The molecule has 0 bridgehead atoms. The first kappa shape index (κ1) is 21.0. The highest BCUT2D eigenvalue weighted by molar-refractivity contribution is 5.98. The first-order valence-electron chi connectivity index (χ1n) is 7.24. The largest absolute Gasteiger partial charge is 0.356 e. The van der Waals surface area contributed by atoms with Gasteiger partial charge < -0.3 is 16.0 Å². The molecule has 1 amide bonds. The van der Waals surface area contributed by atoms with E-state index in [1.807, 2.05) is 19.9 Å². The highest BCUT2D eigenvalue weighted by Crippen LogP contribution is 2.21. The molecule has 2 heterocycles. The highest BCUT2D eigenvalue weighted by Gasteiger charge is 2.20. The minimum Gasteiger partial charge on any atom is -0.356 e. The number of carbonyl (C=O) groups is 1. The summed E-state index contributed by atoms with van der Waals surface area (Å²) in [7, 11) is 0. The minimum absolute atomic E-state index is 0. The number of hydrogen-bond donors (Lipinski definition) is 2. The van der Waals surface area contributed by atoms with Crippen LogP contribution in [-0.4, -0.2) is 36.1 Å². The van der Waals surface area contributed by atoms with E-state index in [0.717, 1.165) is 31.7 Å². The van der Waals surface area contributed by atoms with Gasteiger partial charge in [-0.1, -0.05) is 0 Å². The van der Waals surface area contributed by atoms with Crippen molar-refractivity contribution in [2.45, 2.75) is 38.6 Å². The molecule has 1 fully saturated rings. The van der Waals surface area contributed by atoms with Gasteiger partial charge in [0, 0.05) is 31.4 Å². The van der Waals surface area contributed by atoms with Gasteiger partial charge in [-0.15, -0.1) is 24.8 Å². The lowest BCUT2D eigenvalue weighted by Crippen LogP contribution is -2.45. The summed E-state index contributed by atoms with van der Waals surface area (Å²) in [6.07, 6.45) is 5.32. The molecule has 5 nitrogen and oxygen atoms in total.